The molecule has 2 aromatic carbocycles. The molecular weight excluding hydrogens is 398 g/mol. The number of hydrogen-bond acceptors (Lipinski definition) is 4. The van der Waals surface area contributed by atoms with E-state index in [1.165, 1.54) is 22.4 Å². The van der Waals surface area contributed by atoms with Gasteiger partial charge in [0, 0.05) is 44.3 Å². The van der Waals surface area contributed by atoms with E-state index in [0.717, 1.165) is 64.4 Å². The van der Waals surface area contributed by atoms with Crippen LogP contribution in [0.25, 0.3) is 0 Å². The first-order chi connectivity index (χ1) is 15.5. The highest BCUT2D eigenvalue weighted by Gasteiger charge is 2.30. The molecule has 1 amide bonds. The number of carbonyl (C=O) groups excluding carboxylic acids is 1. The Bertz CT molecular complexity index is 896. The molecule has 5 heteroatoms. The van der Waals surface area contributed by atoms with Crippen LogP contribution in [0.15, 0.2) is 42.5 Å². The number of benzene rings is 2. The number of carbonyl (C=O) groups is 1. The highest BCUT2D eigenvalue weighted by atomic mass is 16.5. The standard InChI is InChI=1S/C27H37N3O2/c1-4-32-25-10-8-23(9-11-25)20-28-14-12-24(13-15-28)27(31)30-18-16-29(17-19-30)26-7-5-6-21(2)22(26)3/h5-11,24H,4,12-20H2,1-3H3. The van der Waals surface area contributed by atoms with Crippen LogP contribution in [-0.2, 0) is 11.3 Å². The smallest absolute Gasteiger partial charge is 0.225 e. The molecule has 0 aliphatic carbocycles. The lowest BCUT2D eigenvalue weighted by Gasteiger charge is -2.40. The molecule has 0 spiro atoms. The summed E-state index contributed by atoms with van der Waals surface area (Å²) in [4.78, 5) is 20.2. The lowest BCUT2D eigenvalue weighted by Crippen LogP contribution is -2.51. The molecule has 0 bridgehead atoms. The van der Waals surface area contributed by atoms with Gasteiger partial charge in [-0.15, -0.1) is 0 Å². The first-order valence-electron chi connectivity index (χ1n) is 12.1. The summed E-state index contributed by atoms with van der Waals surface area (Å²) in [5.74, 6) is 1.48. The van der Waals surface area contributed by atoms with Crippen LogP contribution >= 0.6 is 0 Å². The maximum absolute atomic E-state index is 13.2. The molecule has 0 radical (unpaired) electrons. The summed E-state index contributed by atoms with van der Waals surface area (Å²) in [6.45, 7) is 13.5. The Hall–Kier alpha value is -2.53. The highest BCUT2D eigenvalue weighted by molar-refractivity contribution is 5.79. The summed E-state index contributed by atoms with van der Waals surface area (Å²) < 4.78 is 5.53. The molecule has 0 saturated carbocycles. The van der Waals surface area contributed by atoms with Crippen molar-refractivity contribution in [2.75, 3.05) is 50.8 Å². The molecule has 0 unspecified atom stereocenters. The fourth-order valence-electron chi connectivity index (χ4n) is 4.96. The van der Waals surface area contributed by atoms with Gasteiger partial charge in [-0.1, -0.05) is 24.3 Å². The van der Waals surface area contributed by atoms with Crippen molar-refractivity contribution in [3.8, 4) is 5.75 Å². The molecule has 2 aromatic rings. The minimum Gasteiger partial charge on any atom is -0.494 e. The largest absolute Gasteiger partial charge is 0.494 e. The molecule has 0 atom stereocenters. The van der Waals surface area contributed by atoms with Crippen LogP contribution in [0.2, 0.25) is 0 Å². The molecular formula is C27H37N3O2. The van der Waals surface area contributed by atoms with Crippen LogP contribution in [0.1, 0.15) is 36.5 Å². The highest BCUT2D eigenvalue weighted by Crippen LogP contribution is 2.26. The van der Waals surface area contributed by atoms with Crippen LogP contribution in [0, 0.1) is 19.8 Å². The van der Waals surface area contributed by atoms with Gasteiger partial charge in [-0.05, 0) is 81.6 Å². The Morgan fingerprint density at radius 1 is 0.938 bits per heavy atom. The number of piperidine rings is 1. The lowest BCUT2D eigenvalue weighted by molar-refractivity contribution is -0.137. The predicted molar refractivity (Wildman–Crippen MR) is 130 cm³/mol. The van der Waals surface area contributed by atoms with Crippen LogP contribution in [0.4, 0.5) is 5.69 Å². The van der Waals surface area contributed by atoms with Gasteiger partial charge in [-0.3, -0.25) is 9.69 Å². The Morgan fingerprint density at radius 3 is 2.28 bits per heavy atom. The van der Waals surface area contributed by atoms with Crippen molar-refractivity contribution in [2.45, 2.75) is 40.2 Å². The zero-order chi connectivity index (χ0) is 22.5. The minimum atomic E-state index is 0.179. The van der Waals surface area contributed by atoms with Crippen LogP contribution in [0.5, 0.6) is 5.75 Å². The molecule has 32 heavy (non-hydrogen) atoms. The normalized spacial score (nSPS) is 18.1. The Morgan fingerprint density at radius 2 is 1.62 bits per heavy atom. The van der Waals surface area contributed by atoms with Crippen molar-refractivity contribution in [3.05, 3.63) is 59.2 Å². The average Bonchev–Trinajstić information content (AvgIpc) is 2.82. The number of rotatable bonds is 6. The molecule has 2 aliphatic heterocycles. The predicted octanol–water partition coefficient (Wildman–Crippen LogP) is 4.26. The van der Waals surface area contributed by atoms with Gasteiger partial charge in [0.25, 0.3) is 0 Å². The van der Waals surface area contributed by atoms with Gasteiger partial charge in [0.05, 0.1) is 6.61 Å². The number of anilines is 1. The topological polar surface area (TPSA) is 36.0 Å². The number of ether oxygens (including phenoxy) is 1. The first kappa shape index (κ1) is 22.7. The van der Waals surface area contributed by atoms with Crippen molar-refractivity contribution in [3.63, 3.8) is 0 Å². The summed E-state index contributed by atoms with van der Waals surface area (Å²) in [5, 5.41) is 0. The van der Waals surface area contributed by atoms with Crippen molar-refractivity contribution in [1.29, 1.82) is 0 Å². The number of amides is 1. The number of hydrogen-bond donors (Lipinski definition) is 0. The van der Waals surface area contributed by atoms with Crippen LogP contribution < -0.4 is 9.64 Å². The maximum Gasteiger partial charge on any atom is 0.225 e. The van der Waals surface area contributed by atoms with E-state index in [2.05, 4.69) is 58.9 Å². The number of nitrogens with zero attached hydrogens (tertiary/aromatic N) is 3. The molecule has 2 aliphatic rings. The fraction of sp³-hybridized carbons (Fsp3) is 0.519. The van der Waals surface area contributed by atoms with Gasteiger partial charge in [0.1, 0.15) is 5.75 Å². The van der Waals surface area contributed by atoms with Gasteiger partial charge in [-0.25, -0.2) is 0 Å². The summed E-state index contributed by atoms with van der Waals surface area (Å²) in [5.41, 5.74) is 5.31. The minimum absolute atomic E-state index is 0.179. The maximum atomic E-state index is 13.2. The van der Waals surface area contributed by atoms with E-state index < -0.39 is 0 Å². The molecule has 172 valence electrons. The molecule has 0 N–H and O–H groups in total. The van der Waals surface area contributed by atoms with Crippen molar-refractivity contribution >= 4 is 11.6 Å². The van der Waals surface area contributed by atoms with Gasteiger partial charge < -0.3 is 14.5 Å². The van der Waals surface area contributed by atoms with Gasteiger partial charge in [-0.2, -0.15) is 0 Å². The van der Waals surface area contributed by atoms with Gasteiger partial charge in [0.2, 0.25) is 5.91 Å². The second-order valence-corrected chi connectivity index (χ2v) is 9.16. The first-order valence-corrected chi connectivity index (χ1v) is 12.1. The lowest BCUT2D eigenvalue weighted by atomic mass is 9.94. The van der Waals surface area contributed by atoms with E-state index in [1.54, 1.807) is 0 Å². The fourth-order valence-corrected chi connectivity index (χ4v) is 4.96. The van der Waals surface area contributed by atoms with Crippen LogP contribution in [-0.4, -0.2) is 61.6 Å². The molecule has 2 saturated heterocycles. The third-order valence-electron chi connectivity index (χ3n) is 7.09. The number of piperazine rings is 1. The SMILES string of the molecule is CCOc1ccc(CN2CCC(C(=O)N3CCN(c4cccc(C)c4C)CC3)CC2)cc1. The summed E-state index contributed by atoms with van der Waals surface area (Å²) in [6, 6.07) is 14.9. The van der Waals surface area contributed by atoms with E-state index in [9.17, 15) is 4.79 Å². The van der Waals surface area contributed by atoms with E-state index >= 15 is 0 Å². The molecule has 4 rings (SSSR count). The van der Waals surface area contributed by atoms with Crippen molar-refractivity contribution in [2.24, 2.45) is 5.92 Å². The van der Waals surface area contributed by atoms with E-state index in [1.807, 2.05) is 19.1 Å². The van der Waals surface area contributed by atoms with Crippen molar-refractivity contribution < 1.29 is 9.53 Å². The number of aryl methyl sites for hydroxylation is 1. The van der Waals surface area contributed by atoms with Gasteiger partial charge >= 0.3 is 0 Å². The summed E-state index contributed by atoms with van der Waals surface area (Å²) in [6.07, 6.45) is 1.93. The Kier molecular flexibility index (Phi) is 7.36. The van der Waals surface area contributed by atoms with Gasteiger partial charge in [0.15, 0.2) is 0 Å². The zero-order valence-electron chi connectivity index (χ0n) is 19.8. The van der Waals surface area contributed by atoms with Crippen molar-refractivity contribution in [1.82, 2.24) is 9.80 Å². The quantitative estimate of drug-likeness (QED) is 0.679. The molecule has 5 nitrogen and oxygen atoms in total. The Balaban J connectivity index is 1.24. The van der Waals surface area contributed by atoms with E-state index in [-0.39, 0.29) is 5.92 Å². The van der Waals surface area contributed by atoms with Crippen LogP contribution in [0.3, 0.4) is 0 Å². The summed E-state index contributed by atoms with van der Waals surface area (Å²) in [7, 11) is 0. The third kappa shape index (κ3) is 5.26. The Labute approximate surface area is 193 Å². The monoisotopic (exact) mass is 435 g/mol. The zero-order valence-corrected chi connectivity index (χ0v) is 19.8. The van der Waals surface area contributed by atoms with E-state index in [0.29, 0.717) is 12.5 Å². The second kappa shape index (κ2) is 10.4. The number of likely N-dealkylation sites (tertiary alicyclic amines) is 1. The average molecular weight is 436 g/mol. The van der Waals surface area contributed by atoms with E-state index in [4.69, 9.17) is 4.74 Å². The second-order valence-electron chi connectivity index (χ2n) is 9.16. The molecule has 0 aromatic heterocycles. The third-order valence-corrected chi connectivity index (χ3v) is 7.09. The molecule has 2 heterocycles. The molecule has 2 fully saturated rings. The summed E-state index contributed by atoms with van der Waals surface area (Å²) >= 11 is 0.